The second kappa shape index (κ2) is 4.63. The van der Waals surface area contributed by atoms with Gasteiger partial charge in [-0.3, -0.25) is 0 Å². The van der Waals surface area contributed by atoms with Gasteiger partial charge in [0.25, 0.3) is 0 Å². The van der Waals surface area contributed by atoms with Gasteiger partial charge in [-0.05, 0) is 6.92 Å². The minimum atomic E-state index is -4.59. The summed E-state index contributed by atoms with van der Waals surface area (Å²) in [5.41, 5.74) is 0.502. The van der Waals surface area contributed by atoms with Crippen LogP contribution in [0, 0.1) is 6.92 Å². The molecule has 0 aromatic carbocycles. The molecule has 0 radical (unpaired) electrons. The third kappa shape index (κ3) is 3.88. The predicted octanol–water partition coefficient (Wildman–Crippen LogP) is 0.996. The molecule has 86 valence electrons. The molecule has 1 rings (SSSR count). The maximum Gasteiger partial charge on any atom is 0.415 e. The number of nitrogens with one attached hydrogen (secondary N) is 1. The van der Waals surface area contributed by atoms with Gasteiger partial charge in [0.15, 0.2) is 6.10 Å². The number of alkyl halides is 3. The Kier molecular flexibility index (Phi) is 3.70. The zero-order chi connectivity index (χ0) is 11.5. The van der Waals surface area contributed by atoms with Crippen molar-refractivity contribution >= 4 is 0 Å². The Morgan fingerprint density at radius 1 is 1.60 bits per heavy atom. The van der Waals surface area contributed by atoms with E-state index in [1.54, 1.807) is 13.0 Å². The Bertz CT molecular complexity index is 311. The second-order valence-electron chi connectivity index (χ2n) is 3.12. The lowest BCUT2D eigenvalue weighted by Gasteiger charge is -2.14. The number of hydrogen-bond donors (Lipinski definition) is 2. The molecule has 0 saturated heterocycles. The van der Waals surface area contributed by atoms with Crippen LogP contribution in [0.25, 0.3) is 0 Å². The fourth-order valence-electron chi connectivity index (χ4n) is 0.954. The summed E-state index contributed by atoms with van der Waals surface area (Å²) in [4.78, 5) is 0. The lowest BCUT2D eigenvalue weighted by molar-refractivity contribution is -0.201. The molecule has 0 amide bonds. The first-order valence-corrected chi connectivity index (χ1v) is 4.27. The number of rotatable bonds is 4. The summed E-state index contributed by atoms with van der Waals surface area (Å²) in [7, 11) is 0. The number of aryl methyl sites for hydroxylation is 1. The third-order valence-electron chi connectivity index (χ3n) is 1.70. The monoisotopic (exact) mass is 224 g/mol. The summed E-state index contributed by atoms with van der Waals surface area (Å²) in [6.45, 7) is 1.25. The first-order chi connectivity index (χ1) is 6.89. The predicted molar refractivity (Wildman–Crippen MR) is 45.0 cm³/mol. The van der Waals surface area contributed by atoms with Gasteiger partial charge in [0.1, 0.15) is 5.76 Å². The van der Waals surface area contributed by atoms with E-state index in [4.69, 9.17) is 9.63 Å². The van der Waals surface area contributed by atoms with Gasteiger partial charge in [-0.15, -0.1) is 0 Å². The highest BCUT2D eigenvalue weighted by Gasteiger charge is 2.37. The summed E-state index contributed by atoms with van der Waals surface area (Å²) in [6, 6.07) is 1.60. The molecule has 1 aromatic heterocycles. The molecule has 0 aliphatic rings. The van der Waals surface area contributed by atoms with E-state index in [0.717, 1.165) is 0 Å². The zero-order valence-electron chi connectivity index (χ0n) is 8.01. The largest absolute Gasteiger partial charge is 0.415 e. The normalized spacial score (nSPS) is 14.2. The van der Waals surface area contributed by atoms with Gasteiger partial charge in [-0.1, -0.05) is 5.16 Å². The van der Waals surface area contributed by atoms with Crippen LogP contribution < -0.4 is 5.32 Å². The van der Waals surface area contributed by atoms with Crippen molar-refractivity contribution in [2.45, 2.75) is 25.7 Å². The molecule has 0 bridgehead atoms. The zero-order valence-corrected chi connectivity index (χ0v) is 8.01. The molecule has 1 aromatic rings. The van der Waals surface area contributed by atoms with E-state index in [1.807, 2.05) is 0 Å². The molecule has 0 aliphatic heterocycles. The minimum absolute atomic E-state index is 0.129. The van der Waals surface area contributed by atoms with Crippen molar-refractivity contribution in [3.8, 4) is 0 Å². The van der Waals surface area contributed by atoms with Crippen LogP contribution >= 0.6 is 0 Å². The van der Waals surface area contributed by atoms with Crippen LogP contribution in [-0.4, -0.2) is 29.1 Å². The van der Waals surface area contributed by atoms with Gasteiger partial charge in [0.05, 0.1) is 5.69 Å². The van der Waals surface area contributed by atoms with Gasteiger partial charge in [0, 0.05) is 19.2 Å². The van der Waals surface area contributed by atoms with Crippen LogP contribution in [0.3, 0.4) is 0 Å². The second-order valence-corrected chi connectivity index (χ2v) is 3.12. The number of aromatic nitrogens is 1. The highest BCUT2D eigenvalue weighted by molar-refractivity contribution is 5.02. The molecule has 4 nitrogen and oxygen atoms in total. The average Bonchev–Trinajstić information content (AvgIpc) is 2.49. The Labute approximate surface area is 84.1 Å². The van der Waals surface area contributed by atoms with Crippen molar-refractivity contribution in [3.63, 3.8) is 0 Å². The quantitative estimate of drug-likeness (QED) is 0.800. The first-order valence-electron chi connectivity index (χ1n) is 4.27. The fraction of sp³-hybridized carbons (Fsp3) is 0.625. The number of nitrogens with zero attached hydrogens (tertiary/aromatic N) is 1. The Hall–Kier alpha value is -1.08. The van der Waals surface area contributed by atoms with Gasteiger partial charge in [-0.25, -0.2) is 0 Å². The van der Waals surface area contributed by atoms with E-state index in [9.17, 15) is 13.2 Å². The fourth-order valence-corrected chi connectivity index (χ4v) is 0.954. The number of hydrogen-bond acceptors (Lipinski definition) is 4. The Morgan fingerprint density at radius 2 is 2.27 bits per heavy atom. The molecular weight excluding hydrogens is 213 g/mol. The average molecular weight is 224 g/mol. The van der Waals surface area contributed by atoms with E-state index < -0.39 is 18.8 Å². The molecule has 7 heteroatoms. The maximum atomic E-state index is 11.9. The number of aliphatic hydroxyl groups is 1. The van der Waals surface area contributed by atoms with Gasteiger partial charge >= 0.3 is 6.18 Å². The first kappa shape index (κ1) is 12.0. The lowest BCUT2D eigenvalue weighted by Crippen LogP contribution is -2.38. The van der Waals surface area contributed by atoms with Crippen molar-refractivity contribution in [2.75, 3.05) is 6.54 Å². The highest BCUT2D eigenvalue weighted by Crippen LogP contribution is 2.19. The van der Waals surface area contributed by atoms with Crippen molar-refractivity contribution in [3.05, 3.63) is 17.5 Å². The third-order valence-corrected chi connectivity index (χ3v) is 1.70. The Morgan fingerprint density at radius 3 is 2.73 bits per heavy atom. The maximum absolute atomic E-state index is 11.9. The van der Waals surface area contributed by atoms with E-state index in [1.165, 1.54) is 0 Å². The molecule has 1 heterocycles. The summed E-state index contributed by atoms with van der Waals surface area (Å²) < 4.78 is 40.3. The molecule has 0 saturated carbocycles. The molecule has 0 unspecified atom stereocenters. The molecule has 0 aliphatic carbocycles. The van der Waals surface area contributed by atoms with E-state index in [2.05, 4.69) is 10.5 Å². The smallest absolute Gasteiger partial charge is 0.382 e. The summed E-state index contributed by atoms with van der Waals surface area (Å²) in [6.07, 6.45) is -6.95. The number of halogens is 3. The molecule has 1 atom stereocenters. The van der Waals surface area contributed by atoms with Gasteiger partial charge in [0.2, 0.25) is 0 Å². The molecular formula is C8H11F3N2O2. The molecule has 0 fully saturated rings. The van der Waals surface area contributed by atoms with E-state index >= 15 is 0 Å². The standard InChI is InChI=1S/C8H11F3N2O2/c1-5-2-6(13-15-5)3-12-4-7(14)8(9,10)11/h2,7,12,14H,3-4H2,1H3/t7-/m0/s1. The minimum Gasteiger partial charge on any atom is -0.382 e. The molecule has 0 spiro atoms. The lowest BCUT2D eigenvalue weighted by atomic mass is 10.3. The Balaban J connectivity index is 2.28. The van der Waals surface area contributed by atoms with E-state index in [-0.39, 0.29) is 6.54 Å². The van der Waals surface area contributed by atoms with Crippen LogP contribution in [0.1, 0.15) is 11.5 Å². The highest BCUT2D eigenvalue weighted by atomic mass is 19.4. The van der Waals surface area contributed by atoms with Crippen LogP contribution in [0.4, 0.5) is 13.2 Å². The van der Waals surface area contributed by atoms with Gasteiger partial charge in [-0.2, -0.15) is 13.2 Å². The topological polar surface area (TPSA) is 58.3 Å². The van der Waals surface area contributed by atoms with Gasteiger partial charge < -0.3 is 14.9 Å². The SMILES string of the molecule is Cc1cc(CNC[C@H](O)C(F)(F)F)no1. The summed E-state index contributed by atoms with van der Waals surface area (Å²) in [5.74, 6) is 0.586. The van der Waals surface area contributed by atoms with Crippen LogP contribution in [0.15, 0.2) is 10.6 Å². The van der Waals surface area contributed by atoms with Crippen molar-refractivity contribution in [1.29, 1.82) is 0 Å². The van der Waals surface area contributed by atoms with E-state index in [0.29, 0.717) is 11.5 Å². The van der Waals surface area contributed by atoms with Crippen molar-refractivity contribution < 1.29 is 22.8 Å². The number of aliphatic hydroxyl groups excluding tert-OH is 1. The van der Waals surface area contributed by atoms with Crippen molar-refractivity contribution in [1.82, 2.24) is 10.5 Å². The van der Waals surface area contributed by atoms with Crippen LogP contribution in [-0.2, 0) is 6.54 Å². The van der Waals surface area contributed by atoms with Crippen molar-refractivity contribution in [2.24, 2.45) is 0 Å². The summed E-state index contributed by atoms with van der Waals surface area (Å²) >= 11 is 0. The van der Waals surface area contributed by atoms with Crippen LogP contribution in [0.2, 0.25) is 0 Å². The summed E-state index contributed by atoms with van der Waals surface area (Å²) in [5, 5.41) is 14.6. The molecule has 15 heavy (non-hydrogen) atoms. The molecule has 2 N–H and O–H groups in total. The van der Waals surface area contributed by atoms with Crippen LogP contribution in [0.5, 0.6) is 0 Å².